The summed E-state index contributed by atoms with van der Waals surface area (Å²) in [6.45, 7) is 10.7. The number of aryl methyl sites for hydroxylation is 3. The molecule has 4 nitrogen and oxygen atoms in total. The van der Waals surface area contributed by atoms with Gasteiger partial charge in [-0.15, -0.1) is 0 Å². The third-order valence-electron chi connectivity index (χ3n) is 4.76. The molecule has 0 heterocycles. The minimum Gasteiger partial charge on any atom is -0.355 e. The van der Waals surface area contributed by atoms with Crippen molar-refractivity contribution in [3.05, 3.63) is 70.3 Å². The summed E-state index contributed by atoms with van der Waals surface area (Å²) in [5.74, 6) is -0.165. The van der Waals surface area contributed by atoms with Gasteiger partial charge in [-0.2, -0.15) is 0 Å². The Morgan fingerprint density at radius 3 is 2.26 bits per heavy atom. The summed E-state index contributed by atoms with van der Waals surface area (Å²) in [7, 11) is 0. The minimum absolute atomic E-state index is 0.0398. The van der Waals surface area contributed by atoms with Gasteiger partial charge >= 0.3 is 0 Å². The first-order chi connectivity index (χ1) is 12.8. The molecule has 0 bridgehead atoms. The molecule has 0 fully saturated rings. The standard InChI is InChI=1S/C23H30N2O2/c1-6-24-23(27)19(5)25(15-21-10-8-7-9-18(21)4)22(26)14-20-12-16(2)11-17(3)13-20/h7-13,19H,6,14-15H2,1-5H3,(H,24,27)/t19-/m0/s1. The van der Waals surface area contributed by atoms with Crippen LogP contribution >= 0.6 is 0 Å². The fourth-order valence-corrected chi connectivity index (χ4v) is 3.32. The number of carbonyl (C=O) groups excluding carboxylic acids is 2. The predicted octanol–water partition coefficient (Wildman–Crippen LogP) is 3.71. The highest BCUT2D eigenvalue weighted by Gasteiger charge is 2.26. The van der Waals surface area contributed by atoms with Crippen LogP contribution in [0.2, 0.25) is 0 Å². The van der Waals surface area contributed by atoms with E-state index in [1.807, 2.05) is 64.1 Å². The summed E-state index contributed by atoms with van der Waals surface area (Å²) < 4.78 is 0. The fourth-order valence-electron chi connectivity index (χ4n) is 3.32. The lowest BCUT2D eigenvalue weighted by atomic mass is 10.0. The third kappa shape index (κ3) is 5.68. The van der Waals surface area contributed by atoms with E-state index < -0.39 is 6.04 Å². The maximum Gasteiger partial charge on any atom is 0.242 e. The van der Waals surface area contributed by atoms with E-state index in [0.29, 0.717) is 13.1 Å². The number of likely N-dealkylation sites (N-methyl/N-ethyl adjacent to an activating group) is 1. The van der Waals surface area contributed by atoms with E-state index in [0.717, 1.165) is 27.8 Å². The molecule has 1 atom stereocenters. The van der Waals surface area contributed by atoms with Gasteiger partial charge in [0.1, 0.15) is 6.04 Å². The second kappa shape index (κ2) is 9.36. The summed E-state index contributed by atoms with van der Waals surface area (Å²) in [6.07, 6.45) is 0.290. The molecule has 27 heavy (non-hydrogen) atoms. The van der Waals surface area contributed by atoms with E-state index in [-0.39, 0.29) is 18.2 Å². The summed E-state index contributed by atoms with van der Waals surface area (Å²) in [5.41, 5.74) is 5.43. The highest BCUT2D eigenvalue weighted by molar-refractivity contribution is 5.88. The Morgan fingerprint density at radius 1 is 1.04 bits per heavy atom. The monoisotopic (exact) mass is 366 g/mol. The zero-order valence-electron chi connectivity index (χ0n) is 17.0. The van der Waals surface area contributed by atoms with Crippen molar-refractivity contribution in [2.75, 3.05) is 6.54 Å². The molecule has 0 saturated heterocycles. The normalized spacial score (nSPS) is 11.7. The van der Waals surface area contributed by atoms with E-state index in [2.05, 4.69) is 11.4 Å². The quantitative estimate of drug-likeness (QED) is 0.812. The van der Waals surface area contributed by atoms with Crippen LogP contribution < -0.4 is 5.32 Å². The Labute approximate surface area is 162 Å². The van der Waals surface area contributed by atoms with E-state index in [1.165, 1.54) is 0 Å². The van der Waals surface area contributed by atoms with Gasteiger partial charge in [0, 0.05) is 13.1 Å². The molecule has 0 unspecified atom stereocenters. The van der Waals surface area contributed by atoms with Crippen molar-refractivity contribution in [3.63, 3.8) is 0 Å². The molecule has 0 aliphatic heterocycles. The molecule has 0 radical (unpaired) electrons. The Bertz CT molecular complexity index is 794. The van der Waals surface area contributed by atoms with Gasteiger partial charge in [0.2, 0.25) is 11.8 Å². The van der Waals surface area contributed by atoms with Crippen molar-refractivity contribution >= 4 is 11.8 Å². The fraction of sp³-hybridized carbons (Fsp3) is 0.391. The van der Waals surface area contributed by atoms with E-state index in [9.17, 15) is 9.59 Å². The molecule has 0 spiro atoms. The molecule has 0 aliphatic carbocycles. The predicted molar refractivity (Wildman–Crippen MR) is 109 cm³/mol. The number of hydrogen-bond acceptors (Lipinski definition) is 2. The smallest absolute Gasteiger partial charge is 0.242 e. The van der Waals surface area contributed by atoms with Gasteiger partial charge in [0.05, 0.1) is 6.42 Å². The van der Waals surface area contributed by atoms with Crippen LogP contribution in [0.25, 0.3) is 0 Å². The molecule has 2 aromatic carbocycles. The van der Waals surface area contributed by atoms with E-state index in [1.54, 1.807) is 11.8 Å². The SMILES string of the molecule is CCNC(=O)[C@H](C)N(Cc1ccccc1C)C(=O)Cc1cc(C)cc(C)c1. The Balaban J connectivity index is 2.28. The van der Waals surface area contributed by atoms with E-state index in [4.69, 9.17) is 0 Å². The molecule has 0 saturated carbocycles. The molecule has 4 heteroatoms. The average Bonchev–Trinajstić information content (AvgIpc) is 2.59. The number of rotatable bonds is 7. The van der Waals surface area contributed by atoms with Crippen LogP contribution in [0.1, 0.15) is 41.7 Å². The average molecular weight is 367 g/mol. The van der Waals surface area contributed by atoms with Crippen molar-refractivity contribution in [3.8, 4) is 0 Å². The summed E-state index contributed by atoms with van der Waals surface area (Å²) in [4.78, 5) is 27.3. The highest BCUT2D eigenvalue weighted by Crippen LogP contribution is 2.16. The topological polar surface area (TPSA) is 49.4 Å². The zero-order chi connectivity index (χ0) is 20.0. The van der Waals surface area contributed by atoms with Crippen LogP contribution in [0.5, 0.6) is 0 Å². The zero-order valence-corrected chi connectivity index (χ0v) is 17.0. The van der Waals surface area contributed by atoms with Gasteiger partial charge in [-0.3, -0.25) is 9.59 Å². The van der Waals surface area contributed by atoms with Gasteiger partial charge in [0.25, 0.3) is 0 Å². The first-order valence-electron chi connectivity index (χ1n) is 9.50. The molecular formula is C23H30N2O2. The van der Waals surface area contributed by atoms with Crippen LogP contribution in [0.15, 0.2) is 42.5 Å². The third-order valence-corrected chi connectivity index (χ3v) is 4.76. The largest absolute Gasteiger partial charge is 0.355 e. The maximum atomic E-state index is 13.1. The lowest BCUT2D eigenvalue weighted by Gasteiger charge is -2.29. The first kappa shape index (κ1) is 20.7. The summed E-state index contributed by atoms with van der Waals surface area (Å²) in [6, 6.07) is 13.6. The summed E-state index contributed by atoms with van der Waals surface area (Å²) in [5, 5.41) is 2.83. The lowest BCUT2D eigenvalue weighted by molar-refractivity contribution is -0.140. The van der Waals surface area contributed by atoms with Crippen molar-refractivity contribution in [2.45, 2.75) is 53.6 Å². The second-order valence-corrected chi connectivity index (χ2v) is 7.19. The number of hydrogen-bond donors (Lipinski definition) is 1. The van der Waals surface area contributed by atoms with Crippen LogP contribution in [0, 0.1) is 20.8 Å². The number of nitrogens with one attached hydrogen (secondary N) is 1. The molecule has 1 N–H and O–H groups in total. The maximum absolute atomic E-state index is 13.1. The van der Waals surface area contributed by atoms with Crippen molar-refractivity contribution < 1.29 is 9.59 Å². The van der Waals surface area contributed by atoms with Crippen LogP contribution in [-0.4, -0.2) is 29.3 Å². The number of amides is 2. The molecule has 0 aromatic heterocycles. The van der Waals surface area contributed by atoms with E-state index >= 15 is 0 Å². The van der Waals surface area contributed by atoms with Gasteiger partial charge in [-0.05, 0) is 51.3 Å². The molecule has 144 valence electrons. The number of benzene rings is 2. The Morgan fingerprint density at radius 2 is 1.67 bits per heavy atom. The second-order valence-electron chi connectivity index (χ2n) is 7.19. The van der Waals surface area contributed by atoms with Gasteiger partial charge in [-0.1, -0.05) is 53.6 Å². The molecule has 2 amide bonds. The van der Waals surface area contributed by atoms with Crippen LogP contribution in [0.4, 0.5) is 0 Å². The Kier molecular flexibility index (Phi) is 7.17. The highest BCUT2D eigenvalue weighted by atomic mass is 16.2. The molecule has 2 rings (SSSR count). The van der Waals surface area contributed by atoms with Crippen LogP contribution in [0.3, 0.4) is 0 Å². The number of nitrogens with zero attached hydrogens (tertiary/aromatic N) is 1. The first-order valence-corrected chi connectivity index (χ1v) is 9.50. The van der Waals surface area contributed by atoms with Gasteiger partial charge in [-0.25, -0.2) is 0 Å². The van der Waals surface area contributed by atoms with Crippen molar-refractivity contribution in [1.82, 2.24) is 10.2 Å². The molecule has 2 aromatic rings. The van der Waals surface area contributed by atoms with Gasteiger partial charge < -0.3 is 10.2 Å². The Hall–Kier alpha value is -2.62. The number of carbonyl (C=O) groups is 2. The molecular weight excluding hydrogens is 336 g/mol. The lowest BCUT2D eigenvalue weighted by Crippen LogP contribution is -2.48. The van der Waals surface area contributed by atoms with Crippen molar-refractivity contribution in [2.24, 2.45) is 0 Å². The van der Waals surface area contributed by atoms with Crippen molar-refractivity contribution in [1.29, 1.82) is 0 Å². The molecule has 0 aliphatic rings. The van der Waals surface area contributed by atoms with Gasteiger partial charge in [0.15, 0.2) is 0 Å². The summed E-state index contributed by atoms with van der Waals surface area (Å²) >= 11 is 0. The minimum atomic E-state index is -0.525. The van der Waals surface area contributed by atoms with Crippen LogP contribution in [-0.2, 0) is 22.6 Å².